The van der Waals surface area contributed by atoms with Crippen molar-refractivity contribution in [2.75, 3.05) is 36.9 Å². The number of nitrogens with one attached hydrogen (secondary N) is 4. The molecule has 0 bridgehead atoms. The molecule has 37 heavy (non-hydrogen) atoms. The summed E-state index contributed by atoms with van der Waals surface area (Å²) >= 11 is 0. The van der Waals surface area contributed by atoms with Crippen LogP contribution in [0.3, 0.4) is 0 Å². The van der Waals surface area contributed by atoms with Crippen molar-refractivity contribution >= 4 is 29.3 Å². The maximum atomic E-state index is 12.7. The summed E-state index contributed by atoms with van der Waals surface area (Å²) in [6.45, 7) is 1.88. The molecule has 198 valence electrons. The van der Waals surface area contributed by atoms with Crippen LogP contribution in [0.25, 0.3) is 0 Å². The highest BCUT2D eigenvalue weighted by atomic mass is 16.5. The van der Waals surface area contributed by atoms with Crippen LogP contribution in [-0.2, 0) is 9.53 Å². The van der Waals surface area contributed by atoms with Crippen LogP contribution in [0.15, 0.2) is 48.3 Å². The van der Waals surface area contributed by atoms with Gasteiger partial charge in [0.05, 0.1) is 18.2 Å². The van der Waals surface area contributed by atoms with E-state index in [9.17, 15) is 14.4 Å². The molecule has 0 radical (unpaired) electrons. The molecular weight excluding hydrogens is 472 g/mol. The van der Waals surface area contributed by atoms with E-state index in [0.29, 0.717) is 24.8 Å². The van der Waals surface area contributed by atoms with Crippen molar-refractivity contribution in [2.24, 2.45) is 0 Å². The Morgan fingerprint density at radius 3 is 2.59 bits per heavy atom. The van der Waals surface area contributed by atoms with Crippen LogP contribution in [0.2, 0.25) is 0 Å². The van der Waals surface area contributed by atoms with Crippen molar-refractivity contribution in [1.82, 2.24) is 20.9 Å². The molecule has 4 aliphatic rings. The van der Waals surface area contributed by atoms with Gasteiger partial charge < -0.3 is 35.8 Å². The van der Waals surface area contributed by atoms with Crippen molar-refractivity contribution in [2.45, 2.75) is 62.8 Å². The van der Waals surface area contributed by atoms with Gasteiger partial charge in [-0.25, -0.2) is 9.59 Å². The molecule has 5 amide bonds. The van der Waals surface area contributed by atoms with Gasteiger partial charge >= 0.3 is 12.1 Å². The normalized spacial score (nSPS) is 25.3. The predicted octanol–water partition coefficient (Wildman–Crippen LogP) is 2.70. The molecule has 2 aliphatic carbocycles. The van der Waals surface area contributed by atoms with E-state index < -0.39 is 6.04 Å². The fourth-order valence-electron chi connectivity index (χ4n) is 5.41. The van der Waals surface area contributed by atoms with Gasteiger partial charge in [-0.2, -0.15) is 0 Å². The van der Waals surface area contributed by atoms with Crippen LogP contribution in [0.1, 0.15) is 38.5 Å². The second kappa shape index (κ2) is 11.1. The number of anilines is 2. The number of allylic oxidation sites excluding steroid dienone is 1. The average molecular weight is 509 g/mol. The van der Waals surface area contributed by atoms with E-state index in [1.165, 1.54) is 12.8 Å². The first-order valence-corrected chi connectivity index (χ1v) is 13.2. The third-order valence-corrected chi connectivity index (χ3v) is 7.61. The molecule has 0 spiro atoms. The molecule has 4 N–H and O–H groups in total. The first kappa shape index (κ1) is 25.0. The van der Waals surface area contributed by atoms with Crippen LogP contribution < -0.4 is 26.2 Å². The monoisotopic (exact) mass is 508 g/mol. The second-order valence-electron chi connectivity index (χ2n) is 10.2. The van der Waals surface area contributed by atoms with E-state index in [4.69, 9.17) is 4.74 Å². The summed E-state index contributed by atoms with van der Waals surface area (Å²) < 4.78 is 6.02. The van der Waals surface area contributed by atoms with Crippen molar-refractivity contribution in [3.63, 3.8) is 0 Å². The lowest BCUT2D eigenvalue weighted by molar-refractivity contribution is -0.133. The number of amides is 5. The molecular formula is C27H36N6O4. The summed E-state index contributed by atoms with van der Waals surface area (Å²) in [5, 5.41) is 11.2. The summed E-state index contributed by atoms with van der Waals surface area (Å²) in [4.78, 5) is 40.5. The van der Waals surface area contributed by atoms with Gasteiger partial charge in [-0.05, 0) is 74.9 Å². The molecule has 2 heterocycles. The summed E-state index contributed by atoms with van der Waals surface area (Å²) in [5.41, 5.74) is 1.76. The smallest absolute Gasteiger partial charge is 0.319 e. The van der Waals surface area contributed by atoms with Gasteiger partial charge in [-0.1, -0.05) is 6.08 Å². The van der Waals surface area contributed by atoms with Crippen LogP contribution >= 0.6 is 0 Å². The molecule has 2 saturated heterocycles. The highest BCUT2D eigenvalue weighted by Gasteiger charge is 2.34. The molecule has 1 saturated carbocycles. The van der Waals surface area contributed by atoms with E-state index in [1.807, 2.05) is 42.5 Å². The van der Waals surface area contributed by atoms with Gasteiger partial charge in [0.25, 0.3) is 0 Å². The van der Waals surface area contributed by atoms with E-state index in [0.717, 1.165) is 43.8 Å². The van der Waals surface area contributed by atoms with Crippen LogP contribution in [-0.4, -0.2) is 73.8 Å². The van der Waals surface area contributed by atoms with Crippen molar-refractivity contribution in [3.8, 4) is 0 Å². The topological polar surface area (TPSA) is 115 Å². The van der Waals surface area contributed by atoms with Crippen molar-refractivity contribution in [3.05, 3.63) is 48.3 Å². The lowest BCUT2D eigenvalue weighted by Gasteiger charge is -2.27. The molecule has 0 aromatic heterocycles. The Balaban J connectivity index is 1.06. The number of ether oxygens (including phenoxy) is 1. The lowest BCUT2D eigenvalue weighted by atomic mass is 10.1. The second-order valence-corrected chi connectivity index (χ2v) is 10.2. The number of hydrogen-bond acceptors (Lipinski definition) is 5. The lowest BCUT2D eigenvalue weighted by Crippen LogP contribution is -2.48. The predicted molar refractivity (Wildman–Crippen MR) is 141 cm³/mol. The Morgan fingerprint density at radius 2 is 1.92 bits per heavy atom. The minimum Gasteiger partial charge on any atom is -0.491 e. The van der Waals surface area contributed by atoms with Crippen LogP contribution in [0.4, 0.5) is 21.0 Å². The summed E-state index contributed by atoms with van der Waals surface area (Å²) in [6.07, 6.45) is 12.6. The number of urea groups is 2. The highest BCUT2D eigenvalue weighted by Crippen LogP contribution is 2.26. The van der Waals surface area contributed by atoms with Crippen LogP contribution in [0, 0.1) is 0 Å². The zero-order valence-corrected chi connectivity index (χ0v) is 21.2. The molecule has 1 aromatic rings. The van der Waals surface area contributed by atoms with Crippen molar-refractivity contribution in [1.29, 1.82) is 0 Å². The zero-order chi connectivity index (χ0) is 25.8. The molecule has 10 heteroatoms. The van der Waals surface area contributed by atoms with Gasteiger partial charge in [0.15, 0.2) is 0 Å². The maximum Gasteiger partial charge on any atom is 0.319 e. The van der Waals surface area contributed by atoms with Gasteiger partial charge in [0, 0.05) is 38.1 Å². The molecule has 2 aliphatic heterocycles. The number of likely N-dealkylation sites (N-methyl/N-ethyl adjacent to an activating group) is 1. The molecule has 5 rings (SSSR count). The highest BCUT2D eigenvalue weighted by molar-refractivity contribution is 5.91. The van der Waals surface area contributed by atoms with Gasteiger partial charge in [0.2, 0.25) is 5.91 Å². The Morgan fingerprint density at radius 1 is 1.14 bits per heavy atom. The maximum absolute atomic E-state index is 12.7. The minimum atomic E-state index is -0.504. The van der Waals surface area contributed by atoms with E-state index in [-0.39, 0.29) is 30.1 Å². The number of nitrogens with zero attached hydrogens (tertiary/aromatic N) is 2. The van der Waals surface area contributed by atoms with Crippen LogP contribution in [0.5, 0.6) is 0 Å². The molecule has 3 atom stereocenters. The minimum absolute atomic E-state index is 0.0650. The standard InChI is InChI=1S/C27H36N6O4/c1-32(25(34)24-16-28-26(35)31-24)21-14-15-33(17-21)20-10-6-18(7-11-20)29-27(36)30-19-8-12-23(13-9-19)37-22-4-2-3-5-22/h6-8,10-13,19,21-22,24H,2-5,9,14-17H2,1H3,(H2,28,31,35)(H2,29,30,36). The number of rotatable bonds is 7. The molecule has 3 fully saturated rings. The quantitative estimate of drug-likeness (QED) is 0.452. The number of carbonyl (C=O) groups excluding carboxylic acids is 3. The van der Waals surface area contributed by atoms with Gasteiger partial charge in [-0.3, -0.25) is 4.79 Å². The Kier molecular flexibility index (Phi) is 7.52. The SMILES string of the molecule is CN(C(=O)C1CNC(=O)N1)C1CCN(c2ccc(NC(=O)NC3C=CC(OC4CCCC4)=CC3)cc2)C1. The molecule has 3 unspecified atom stereocenters. The summed E-state index contributed by atoms with van der Waals surface area (Å²) in [7, 11) is 1.80. The average Bonchev–Trinajstić information content (AvgIpc) is 3.67. The largest absolute Gasteiger partial charge is 0.491 e. The summed E-state index contributed by atoms with van der Waals surface area (Å²) in [6, 6.07) is 6.71. The molecule has 10 nitrogen and oxygen atoms in total. The Bertz CT molecular complexity index is 1070. The van der Waals surface area contributed by atoms with Crippen molar-refractivity contribution < 1.29 is 19.1 Å². The third kappa shape index (κ3) is 6.18. The summed E-state index contributed by atoms with van der Waals surface area (Å²) in [5.74, 6) is 0.833. The molecule has 1 aromatic carbocycles. The van der Waals surface area contributed by atoms with E-state index in [1.54, 1.807) is 11.9 Å². The number of carbonyl (C=O) groups is 3. The fourth-order valence-corrected chi connectivity index (χ4v) is 5.41. The fraction of sp³-hybridized carbons (Fsp3) is 0.519. The Labute approximate surface area is 217 Å². The van der Waals surface area contributed by atoms with E-state index >= 15 is 0 Å². The third-order valence-electron chi connectivity index (χ3n) is 7.61. The van der Waals surface area contributed by atoms with Gasteiger partial charge in [-0.15, -0.1) is 0 Å². The van der Waals surface area contributed by atoms with E-state index in [2.05, 4.69) is 26.2 Å². The van der Waals surface area contributed by atoms with Gasteiger partial charge in [0.1, 0.15) is 11.8 Å². The Hall–Kier alpha value is -3.69. The first-order chi connectivity index (χ1) is 17.9. The number of hydrogen-bond donors (Lipinski definition) is 4. The zero-order valence-electron chi connectivity index (χ0n) is 21.2. The number of benzene rings is 1. The first-order valence-electron chi connectivity index (χ1n) is 13.2.